The van der Waals surface area contributed by atoms with E-state index in [1.54, 1.807) is 49.1 Å². The Morgan fingerprint density at radius 1 is 0.943 bits per heavy atom. The van der Waals surface area contributed by atoms with E-state index in [4.69, 9.17) is 0 Å². The highest BCUT2D eigenvalue weighted by Crippen LogP contribution is 2.25. The first-order chi connectivity index (χ1) is 17.0. The quantitative estimate of drug-likeness (QED) is 0.244. The molecule has 4 aromatic heterocycles. The van der Waals surface area contributed by atoms with E-state index in [0.717, 1.165) is 22.1 Å². The summed E-state index contributed by atoms with van der Waals surface area (Å²) in [5.41, 5.74) is 2.22. The predicted octanol–water partition coefficient (Wildman–Crippen LogP) is 2.32. The Bertz CT molecular complexity index is 1590. The first-order valence-electron chi connectivity index (χ1n) is 11.2. The molecule has 0 saturated heterocycles. The first-order valence-corrected chi connectivity index (χ1v) is 12.1. The van der Waals surface area contributed by atoms with Gasteiger partial charge in [0, 0.05) is 44.4 Å². The van der Waals surface area contributed by atoms with E-state index in [0.29, 0.717) is 36.4 Å². The van der Waals surface area contributed by atoms with Crippen LogP contribution in [0.3, 0.4) is 0 Å². The zero-order valence-electron chi connectivity index (χ0n) is 19.4. The number of rotatable bonds is 8. The Morgan fingerprint density at radius 2 is 1.71 bits per heavy atom. The summed E-state index contributed by atoms with van der Waals surface area (Å²) in [4.78, 5) is 33.9. The monoisotopic (exact) mass is 488 g/mol. The van der Waals surface area contributed by atoms with Crippen LogP contribution in [0.1, 0.15) is 12.0 Å². The number of hydrogen-bond acceptors (Lipinski definition) is 7. The van der Waals surface area contributed by atoms with Gasteiger partial charge in [-0.2, -0.15) is 0 Å². The minimum absolute atomic E-state index is 0.309. The van der Waals surface area contributed by atoms with E-state index in [1.165, 1.54) is 9.13 Å². The van der Waals surface area contributed by atoms with E-state index in [9.17, 15) is 9.59 Å². The molecule has 5 aromatic rings. The van der Waals surface area contributed by atoms with E-state index >= 15 is 0 Å². The molecule has 0 amide bonds. The molecule has 0 N–H and O–H groups in total. The highest BCUT2D eigenvalue weighted by molar-refractivity contribution is 7.99. The van der Waals surface area contributed by atoms with Crippen LogP contribution in [0.5, 0.6) is 0 Å². The third kappa shape index (κ3) is 4.42. The molecule has 0 aliphatic heterocycles. The summed E-state index contributed by atoms with van der Waals surface area (Å²) in [7, 11) is 3.39. The third-order valence-electron chi connectivity index (χ3n) is 5.80. The Balaban J connectivity index is 1.36. The normalized spacial score (nSPS) is 11.4. The van der Waals surface area contributed by atoms with Crippen molar-refractivity contribution in [1.29, 1.82) is 0 Å². The molecule has 0 atom stereocenters. The van der Waals surface area contributed by atoms with Crippen molar-refractivity contribution in [2.45, 2.75) is 24.7 Å². The van der Waals surface area contributed by atoms with Crippen LogP contribution in [0.4, 0.5) is 0 Å². The fourth-order valence-corrected chi connectivity index (χ4v) is 4.86. The number of benzene rings is 1. The maximum absolute atomic E-state index is 12.9. The molecule has 0 aliphatic carbocycles. The number of thioether (sulfide) groups is 1. The topological polar surface area (TPSA) is 105 Å². The SMILES string of the molecule is Cn1cnc2c1c(=O)n(CCCSc1nnc(-c3ccncc3)n1Cc1ccccc1)c(=O)n2C. The number of hydrogen-bond donors (Lipinski definition) is 0. The number of imidazole rings is 1. The standard InChI is InChI=1S/C24H24N8O2S/c1-29-16-26-21-19(29)22(33)31(24(34)30(21)2)13-6-14-35-23-28-27-20(18-9-11-25-12-10-18)32(23)15-17-7-4-3-5-8-17/h3-5,7-12,16H,6,13-15H2,1-2H3. The molecule has 11 heteroatoms. The molecule has 0 saturated carbocycles. The summed E-state index contributed by atoms with van der Waals surface area (Å²) in [6.07, 6.45) is 5.64. The molecule has 5 rings (SSSR count). The Kier molecular flexibility index (Phi) is 6.32. The molecule has 0 aliphatic rings. The van der Waals surface area contributed by atoms with Crippen LogP contribution in [0.25, 0.3) is 22.6 Å². The lowest BCUT2D eigenvalue weighted by Gasteiger charge is -2.11. The lowest BCUT2D eigenvalue weighted by atomic mass is 10.2. The minimum atomic E-state index is -0.363. The van der Waals surface area contributed by atoms with Gasteiger partial charge in [-0.15, -0.1) is 10.2 Å². The van der Waals surface area contributed by atoms with Crippen LogP contribution in [-0.2, 0) is 27.2 Å². The summed E-state index contributed by atoms with van der Waals surface area (Å²) in [6, 6.07) is 14.0. The van der Waals surface area contributed by atoms with E-state index in [-0.39, 0.29) is 11.2 Å². The molecule has 1 aromatic carbocycles. The summed E-state index contributed by atoms with van der Waals surface area (Å²) in [6.45, 7) is 0.939. The number of pyridine rings is 1. The van der Waals surface area contributed by atoms with Gasteiger partial charge in [0.1, 0.15) is 0 Å². The largest absolute Gasteiger partial charge is 0.332 e. The number of fused-ring (bicyclic) bond motifs is 1. The van der Waals surface area contributed by atoms with Crippen LogP contribution >= 0.6 is 11.8 Å². The zero-order chi connectivity index (χ0) is 24.4. The van der Waals surface area contributed by atoms with Crippen LogP contribution in [0.15, 0.2) is 75.9 Å². The molecule has 35 heavy (non-hydrogen) atoms. The molecule has 4 heterocycles. The Morgan fingerprint density at radius 3 is 2.49 bits per heavy atom. The molecule has 0 bridgehead atoms. The van der Waals surface area contributed by atoms with Gasteiger partial charge in [0.15, 0.2) is 22.1 Å². The van der Waals surface area contributed by atoms with Gasteiger partial charge in [-0.1, -0.05) is 42.1 Å². The van der Waals surface area contributed by atoms with Gasteiger partial charge in [-0.05, 0) is 24.1 Å². The number of aryl methyl sites for hydroxylation is 2. The second-order valence-electron chi connectivity index (χ2n) is 8.14. The van der Waals surface area contributed by atoms with Crippen LogP contribution < -0.4 is 11.2 Å². The number of aromatic nitrogens is 8. The van der Waals surface area contributed by atoms with E-state index in [2.05, 4.69) is 36.9 Å². The molecule has 0 fully saturated rings. The minimum Gasteiger partial charge on any atom is -0.328 e. The zero-order valence-corrected chi connectivity index (χ0v) is 20.2. The van der Waals surface area contributed by atoms with Crippen molar-refractivity contribution in [3.05, 3.63) is 87.6 Å². The van der Waals surface area contributed by atoms with Crippen LogP contribution in [0.2, 0.25) is 0 Å². The average molecular weight is 489 g/mol. The van der Waals surface area contributed by atoms with Gasteiger partial charge in [0.05, 0.1) is 12.9 Å². The van der Waals surface area contributed by atoms with Crippen molar-refractivity contribution in [1.82, 2.24) is 38.4 Å². The van der Waals surface area contributed by atoms with Crippen molar-refractivity contribution in [2.75, 3.05) is 5.75 Å². The fraction of sp³-hybridized carbons (Fsp3) is 0.250. The van der Waals surface area contributed by atoms with E-state index in [1.807, 2.05) is 30.3 Å². The van der Waals surface area contributed by atoms with Gasteiger partial charge in [0.2, 0.25) is 0 Å². The molecule has 0 spiro atoms. The van der Waals surface area contributed by atoms with Crippen LogP contribution in [-0.4, -0.2) is 44.2 Å². The van der Waals surface area contributed by atoms with Crippen molar-refractivity contribution in [2.24, 2.45) is 14.1 Å². The summed E-state index contributed by atoms with van der Waals surface area (Å²) >= 11 is 1.56. The molecular formula is C24H24N8O2S. The van der Waals surface area contributed by atoms with Crippen LogP contribution in [0, 0.1) is 0 Å². The molecule has 178 valence electrons. The number of nitrogens with zero attached hydrogens (tertiary/aromatic N) is 8. The summed E-state index contributed by atoms with van der Waals surface area (Å²) in [5, 5.41) is 9.66. The predicted molar refractivity (Wildman–Crippen MR) is 134 cm³/mol. The fourth-order valence-electron chi connectivity index (χ4n) is 4.00. The lowest BCUT2D eigenvalue weighted by molar-refractivity contribution is 0.593. The molecule has 0 radical (unpaired) electrons. The molecule has 10 nitrogen and oxygen atoms in total. The second kappa shape index (κ2) is 9.71. The highest BCUT2D eigenvalue weighted by atomic mass is 32.2. The summed E-state index contributed by atoms with van der Waals surface area (Å²) in [5.74, 6) is 1.44. The molecular weight excluding hydrogens is 464 g/mol. The Labute approximate surface area is 204 Å². The first kappa shape index (κ1) is 22.8. The maximum Gasteiger partial charge on any atom is 0.332 e. The molecule has 0 unspecified atom stereocenters. The van der Waals surface area contributed by atoms with Gasteiger partial charge >= 0.3 is 5.69 Å². The second-order valence-corrected chi connectivity index (χ2v) is 9.20. The lowest BCUT2D eigenvalue weighted by Crippen LogP contribution is -2.39. The highest BCUT2D eigenvalue weighted by Gasteiger charge is 2.17. The van der Waals surface area contributed by atoms with Gasteiger partial charge < -0.3 is 4.57 Å². The van der Waals surface area contributed by atoms with Gasteiger partial charge in [0.25, 0.3) is 5.56 Å². The van der Waals surface area contributed by atoms with Crippen molar-refractivity contribution < 1.29 is 0 Å². The van der Waals surface area contributed by atoms with Crippen molar-refractivity contribution in [3.8, 4) is 11.4 Å². The smallest absolute Gasteiger partial charge is 0.328 e. The Hall–Kier alpha value is -3.99. The average Bonchev–Trinajstić information content (AvgIpc) is 3.47. The van der Waals surface area contributed by atoms with Gasteiger partial charge in [-0.25, -0.2) is 9.78 Å². The van der Waals surface area contributed by atoms with Crippen molar-refractivity contribution in [3.63, 3.8) is 0 Å². The van der Waals surface area contributed by atoms with E-state index < -0.39 is 0 Å². The van der Waals surface area contributed by atoms with Gasteiger partial charge in [-0.3, -0.25) is 23.5 Å². The third-order valence-corrected chi connectivity index (χ3v) is 6.85. The summed E-state index contributed by atoms with van der Waals surface area (Å²) < 4.78 is 6.43. The maximum atomic E-state index is 12.9. The van der Waals surface area contributed by atoms with Crippen molar-refractivity contribution >= 4 is 22.9 Å².